The van der Waals surface area contributed by atoms with Gasteiger partial charge in [0.2, 0.25) is 0 Å². The zero-order valence-corrected chi connectivity index (χ0v) is 41.8. The van der Waals surface area contributed by atoms with E-state index in [1.807, 2.05) is 0 Å². The Bertz CT molecular complexity index is 4050. The third-order valence-corrected chi connectivity index (χ3v) is 16.5. The van der Waals surface area contributed by atoms with Crippen molar-refractivity contribution >= 4 is 38.9 Å². The number of anilines is 3. The van der Waals surface area contributed by atoms with Gasteiger partial charge in [-0.25, -0.2) is 0 Å². The largest absolute Gasteiger partial charge is 0.310 e. The molecule has 0 aliphatic heterocycles. The van der Waals surface area contributed by atoms with Gasteiger partial charge in [-0.05, 0) is 139 Å². The molecule has 0 unspecified atom stereocenters. The van der Waals surface area contributed by atoms with Gasteiger partial charge in [0, 0.05) is 33.5 Å². The zero-order valence-electron chi connectivity index (χ0n) is 41.8. The molecule has 0 N–H and O–H groups in total. The molecule has 0 amide bonds. The second-order valence-corrected chi connectivity index (χ2v) is 20.3. The third kappa shape index (κ3) is 6.41. The molecule has 2 aliphatic carbocycles. The quantitative estimate of drug-likeness (QED) is 0.140. The Labute approximate surface area is 443 Å². The van der Waals surface area contributed by atoms with E-state index in [1.165, 1.54) is 94.1 Å². The third-order valence-electron chi connectivity index (χ3n) is 16.5. The van der Waals surface area contributed by atoms with Crippen molar-refractivity contribution in [3.63, 3.8) is 0 Å². The van der Waals surface area contributed by atoms with Crippen molar-refractivity contribution < 1.29 is 0 Å². The van der Waals surface area contributed by atoms with E-state index >= 15 is 0 Å². The van der Waals surface area contributed by atoms with Crippen molar-refractivity contribution in [2.75, 3.05) is 4.90 Å². The maximum Gasteiger partial charge on any atom is 0.0713 e. The highest BCUT2D eigenvalue weighted by Gasteiger charge is 2.48. The van der Waals surface area contributed by atoms with Gasteiger partial charge in [-0.2, -0.15) is 0 Å². The van der Waals surface area contributed by atoms with Crippen molar-refractivity contribution in [2.45, 2.75) is 10.8 Å². The first-order valence-electron chi connectivity index (χ1n) is 26.4. The van der Waals surface area contributed by atoms with Crippen LogP contribution >= 0.6 is 0 Å². The van der Waals surface area contributed by atoms with E-state index in [2.05, 4.69) is 313 Å². The SMILES string of the molecule is c1ccc(-n2c3ccccc3c3ccc(-c4ccc(N(c5ccc6c(c5)-c5ccccc5C6(c5ccccc5)c5ccccc5)c5ccc6c(c5)-c5ccccc5C6(c5ccccc5)c5ccccc5)cc4)cc32)cc1. The number of para-hydroxylation sites is 2. The Morgan fingerprint density at radius 1 is 0.250 bits per heavy atom. The van der Waals surface area contributed by atoms with E-state index in [1.54, 1.807) is 0 Å². The van der Waals surface area contributed by atoms with Gasteiger partial charge in [0.05, 0.1) is 21.9 Å². The summed E-state index contributed by atoms with van der Waals surface area (Å²) in [5.41, 5.74) is 23.3. The fourth-order valence-corrected chi connectivity index (χ4v) is 13.4. The molecule has 0 fully saturated rings. The second-order valence-electron chi connectivity index (χ2n) is 20.3. The lowest BCUT2D eigenvalue weighted by Gasteiger charge is -2.34. The molecule has 0 spiro atoms. The van der Waals surface area contributed by atoms with E-state index in [-0.39, 0.29) is 0 Å². The van der Waals surface area contributed by atoms with E-state index in [0.29, 0.717) is 0 Å². The summed E-state index contributed by atoms with van der Waals surface area (Å²) in [6.45, 7) is 0. The summed E-state index contributed by atoms with van der Waals surface area (Å²) < 4.78 is 2.40. The fourth-order valence-electron chi connectivity index (χ4n) is 13.4. The van der Waals surface area contributed by atoms with Crippen LogP contribution in [-0.2, 0) is 10.8 Å². The van der Waals surface area contributed by atoms with Crippen LogP contribution in [0.5, 0.6) is 0 Å². The normalized spacial score (nSPS) is 13.5. The molecule has 1 heterocycles. The van der Waals surface area contributed by atoms with E-state index < -0.39 is 10.8 Å². The molecule has 356 valence electrons. The molecule has 2 nitrogen and oxygen atoms in total. The van der Waals surface area contributed by atoms with Crippen LogP contribution in [0.4, 0.5) is 17.1 Å². The minimum atomic E-state index is -0.498. The first kappa shape index (κ1) is 43.8. The van der Waals surface area contributed by atoms with Gasteiger partial charge in [0.15, 0.2) is 0 Å². The number of rotatable bonds is 9. The first-order chi connectivity index (χ1) is 37.7. The van der Waals surface area contributed by atoms with Gasteiger partial charge in [-0.3, -0.25) is 0 Å². The summed E-state index contributed by atoms with van der Waals surface area (Å²) in [6.07, 6.45) is 0. The highest BCUT2D eigenvalue weighted by atomic mass is 15.1. The van der Waals surface area contributed by atoms with Crippen LogP contribution in [0.1, 0.15) is 44.5 Å². The summed E-state index contributed by atoms with van der Waals surface area (Å²) >= 11 is 0. The summed E-state index contributed by atoms with van der Waals surface area (Å²) in [5, 5.41) is 2.50. The van der Waals surface area contributed by atoms with Crippen LogP contribution in [-0.4, -0.2) is 4.57 Å². The molecule has 0 atom stereocenters. The Morgan fingerprint density at radius 2 is 0.632 bits per heavy atom. The first-order valence-corrected chi connectivity index (χ1v) is 26.4. The van der Waals surface area contributed by atoms with Gasteiger partial charge in [0.25, 0.3) is 0 Å². The topological polar surface area (TPSA) is 8.17 Å². The van der Waals surface area contributed by atoms with Crippen molar-refractivity contribution in [2.24, 2.45) is 0 Å². The number of aromatic nitrogens is 1. The number of benzene rings is 12. The molecule has 0 radical (unpaired) electrons. The second kappa shape index (κ2) is 17.4. The van der Waals surface area contributed by atoms with Crippen LogP contribution in [0.2, 0.25) is 0 Å². The molecule has 13 aromatic rings. The zero-order chi connectivity index (χ0) is 50.2. The maximum absolute atomic E-state index is 2.47. The van der Waals surface area contributed by atoms with Crippen LogP contribution in [0.25, 0.3) is 60.9 Å². The molecule has 0 saturated heterocycles. The molecule has 0 bridgehead atoms. The van der Waals surface area contributed by atoms with Crippen molar-refractivity contribution in [3.05, 3.63) is 348 Å². The van der Waals surface area contributed by atoms with Crippen LogP contribution in [0.3, 0.4) is 0 Å². The maximum atomic E-state index is 2.47. The summed E-state index contributed by atoms with van der Waals surface area (Å²) in [6, 6.07) is 112. The minimum Gasteiger partial charge on any atom is -0.310 e. The lowest BCUT2D eigenvalue weighted by atomic mass is 9.67. The summed E-state index contributed by atoms with van der Waals surface area (Å²) in [5.74, 6) is 0. The standard InChI is InChI=1S/C74H50N2/c1-6-22-53(23-7-1)73(54-24-8-2-9-25-54)67-35-19-16-32-61(67)65-49-59(43-46-69(65)73)75(58-41-38-51(39-42-58)52-40-45-64-63-34-18-21-37-71(63)76(72(64)48-52)57-30-14-5-15-31-57)60-44-47-70-66(50-60)62-33-17-20-36-68(62)74(70,55-26-10-3-11-27-55)56-28-12-4-13-29-56/h1-50H. The van der Waals surface area contributed by atoms with Crippen LogP contribution in [0.15, 0.2) is 303 Å². The molecule has 76 heavy (non-hydrogen) atoms. The molecular formula is C74H50N2. The number of nitrogens with zero attached hydrogens (tertiary/aromatic N) is 2. The molecule has 2 heteroatoms. The Hall–Kier alpha value is -9.76. The fraction of sp³-hybridized carbons (Fsp3) is 0.0270. The van der Waals surface area contributed by atoms with E-state index in [0.717, 1.165) is 28.3 Å². The molecule has 1 aromatic heterocycles. The lowest BCUT2D eigenvalue weighted by Crippen LogP contribution is -2.28. The number of fused-ring (bicyclic) bond motifs is 9. The summed E-state index contributed by atoms with van der Waals surface area (Å²) in [4.78, 5) is 2.47. The average Bonchev–Trinajstić information content (AvgIpc) is 4.17. The van der Waals surface area contributed by atoms with Gasteiger partial charge in [-0.15, -0.1) is 0 Å². The van der Waals surface area contributed by atoms with Gasteiger partial charge < -0.3 is 9.47 Å². The highest BCUT2D eigenvalue weighted by Crippen LogP contribution is 2.59. The van der Waals surface area contributed by atoms with E-state index in [4.69, 9.17) is 0 Å². The van der Waals surface area contributed by atoms with Crippen LogP contribution < -0.4 is 4.90 Å². The van der Waals surface area contributed by atoms with Gasteiger partial charge in [0.1, 0.15) is 0 Å². The number of hydrogen-bond donors (Lipinski definition) is 0. The van der Waals surface area contributed by atoms with Crippen molar-refractivity contribution in [1.29, 1.82) is 0 Å². The number of hydrogen-bond acceptors (Lipinski definition) is 1. The van der Waals surface area contributed by atoms with Crippen molar-refractivity contribution in [3.8, 4) is 39.1 Å². The van der Waals surface area contributed by atoms with E-state index in [9.17, 15) is 0 Å². The average molecular weight is 967 g/mol. The molecule has 15 rings (SSSR count). The van der Waals surface area contributed by atoms with Crippen LogP contribution in [0, 0.1) is 0 Å². The predicted molar refractivity (Wildman–Crippen MR) is 316 cm³/mol. The molecule has 12 aromatic carbocycles. The summed E-state index contributed by atoms with van der Waals surface area (Å²) in [7, 11) is 0. The Kier molecular flexibility index (Phi) is 10.0. The van der Waals surface area contributed by atoms with Gasteiger partial charge in [-0.1, -0.05) is 243 Å². The Balaban J connectivity index is 0.936. The molecule has 0 saturated carbocycles. The molecule has 2 aliphatic rings. The van der Waals surface area contributed by atoms with Crippen molar-refractivity contribution in [1.82, 2.24) is 4.57 Å². The monoisotopic (exact) mass is 966 g/mol. The minimum absolute atomic E-state index is 0.498. The molecular weight excluding hydrogens is 917 g/mol. The Morgan fingerprint density at radius 3 is 1.13 bits per heavy atom. The smallest absolute Gasteiger partial charge is 0.0713 e. The van der Waals surface area contributed by atoms with Gasteiger partial charge >= 0.3 is 0 Å². The highest BCUT2D eigenvalue weighted by molar-refractivity contribution is 6.10. The predicted octanol–water partition coefficient (Wildman–Crippen LogP) is 18.6. The lowest BCUT2D eigenvalue weighted by molar-refractivity contribution is 0.768.